The van der Waals surface area contributed by atoms with E-state index >= 15 is 0 Å². The van der Waals surface area contributed by atoms with Crippen LogP contribution in [0, 0.1) is 0 Å². The van der Waals surface area contributed by atoms with Gasteiger partial charge in [-0.25, -0.2) is 0 Å². The van der Waals surface area contributed by atoms with E-state index in [2.05, 4.69) is 9.80 Å². The Bertz CT molecular complexity index is 925. The number of nitrogens with zero attached hydrogens (tertiary/aromatic N) is 3. The van der Waals surface area contributed by atoms with Crippen LogP contribution in [-0.2, 0) is 0 Å². The molecule has 1 atom stereocenters. The molecule has 8 heteroatoms. The number of carbonyl (C=O) groups excluding carboxylic acids is 2. The molecule has 0 saturated carbocycles. The Labute approximate surface area is 185 Å². The second-order valence-electron chi connectivity index (χ2n) is 7.61. The van der Waals surface area contributed by atoms with Crippen LogP contribution in [0.5, 0.6) is 0 Å². The predicted molar refractivity (Wildman–Crippen MR) is 118 cm³/mol. The average molecular weight is 448 g/mol. The molecule has 0 radical (unpaired) electrons. The minimum Gasteiger partial charge on any atom is -0.392 e. The lowest BCUT2D eigenvalue weighted by molar-refractivity contribution is 0.0590. The number of benzene rings is 2. The normalized spacial score (nSPS) is 18.1. The molecule has 0 aromatic heterocycles. The third kappa shape index (κ3) is 4.18. The number of fused-ring (bicyclic) bond motifs is 1. The largest absolute Gasteiger partial charge is 0.392 e. The number of hydrogen-bond acceptors (Lipinski definition) is 5. The molecule has 2 aliphatic heterocycles. The van der Waals surface area contributed by atoms with Crippen molar-refractivity contribution in [2.45, 2.75) is 12.5 Å². The van der Waals surface area contributed by atoms with E-state index in [4.69, 9.17) is 23.2 Å². The van der Waals surface area contributed by atoms with Gasteiger partial charge in [0.1, 0.15) is 0 Å². The first-order chi connectivity index (χ1) is 14.5. The van der Waals surface area contributed by atoms with E-state index in [1.165, 1.54) is 4.90 Å². The molecular formula is C22H23Cl2N3O3. The smallest absolute Gasteiger partial charge is 0.261 e. The van der Waals surface area contributed by atoms with Crippen molar-refractivity contribution in [2.24, 2.45) is 0 Å². The van der Waals surface area contributed by atoms with Crippen molar-refractivity contribution in [1.29, 1.82) is 0 Å². The zero-order valence-electron chi connectivity index (χ0n) is 16.4. The maximum Gasteiger partial charge on any atom is 0.261 e. The molecule has 1 N–H and O–H groups in total. The lowest BCUT2D eigenvalue weighted by Gasteiger charge is -2.37. The van der Waals surface area contributed by atoms with Gasteiger partial charge in [-0.3, -0.25) is 19.4 Å². The van der Waals surface area contributed by atoms with Gasteiger partial charge in [0.25, 0.3) is 11.8 Å². The van der Waals surface area contributed by atoms with E-state index in [1.807, 2.05) is 12.1 Å². The van der Waals surface area contributed by atoms with Crippen LogP contribution >= 0.6 is 23.2 Å². The molecule has 1 fully saturated rings. The van der Waals surface area contributed by atoms with Crippen molar-refractivity contribution in [3.63, 3.8) is 0 Å². The number of amides is 2. The van der Waals surface area contributed by atoms with Crippen molar-refractivity contribution in [2.75, 3.05) is 44.2 Å². The predicted octanol–water partition coefficient (Wildman–Crippen LogP) is 3.16. The molecule has 1 saturated heterocycles. The fourth-order valence-corrected chi connectivity index (χ4v) is 4.43. The number of piperazine rings is 1. The van der Waals surface area contributed by atoms with Crippen molar-refractivity contribution in [3.8, 4) is 0 Å². The number of anilines is 1. The molecule has 4 rings (SSSR count). The monoisotopic (exact) mass is 447 g/mol. The summed E-state index contributed by atoms with van der Waals surface area (Å²) >= 11 is 12.4. The summed E-state index contributed by atoms with van der Waals surface area (Å²) in [7, 11) is 0. The summed E-state index contributed by atoms with van der Waals surface area (Å²) < 4.78 is 0. The van der Waals surface area contributed by atoms with Gasteiger partial charge in [0.2, 0.25) is 0 Å². The molecule has 6 nitrogen and oxygen atoms in total. The molecular weight excluding hydrogens is 425 g/mol. The molecule has 2 aromatic carbocycles. The van der Waals surface area contributed by atoms with E-state index in [9.17, 15) is 14.7 Å². The molecule has 2 heterocycles. The highest BCUT2D eigenvalue weighted by atomic mass is 35.5. The summed E-state index contributed by atoms with van der Waals surface area (Å²) in [5, 5.41) is 11.6. The van der Waals surface area contributed by atoms with Crippen LogP contribution in [0.1, 0.15) is 27.1 Å². The number of carbonyl (C=O) groups is 2. The average Bonchev–Trinajstić information content (AvgIpc) is 2.99. The Balaban J connectivity index is 1.26. The summed E-state index contributed by atoms with van der Waals surface area (Å²) in [6.07, 6.45) is -0.262. The minimum absolute atomic E-state index is 0.214. The topological polar surface area (TPSA) is 64.1 Å². The van der Waals surface area contributed by atoms with Crippen LogP contribution in [0.15, 0.2) is 42.5 Å². The quantitative estimate of drug-likeness (QED) is 0.688. The lowest BCUT2D eigenvalue weighted by atomic mass is 10.1. The lowest BCUT2D eigenvalue weighted by Crippen LogP contribution is -2.49. The molecule has 2 aromatic rings. The Morgan fingerprint density at radius 3 is 2.17 bits per heavy atom. The number of β-amino-alcohol motifs (C(OH)–C–C–N with tert-alkyl or cyclic N) is 1. The molecule has 30 heavy (non-hydrogen) atoms. The van der Waals surface area contributed by atoms with Gasteiger partial charge in [0.15, 0.2) is 0 Å². The molecule has 2 amide bonds. The van der Waals surface area contributed by atoms with Crippen molar-refractivity contribution in [1.82, 2.24) is 9.80 Å². The second kappa shape index (κ2) is 8.94. The Hall–Kier alpha value is -2.12. The van der Waals surface area contributed by atoms with Gasteiger partial charge < -0.3 is 10.0 Å². The summed E-state index contributed by atoms with van der Waals surface area (Å²) in [6.45, 7) is 3.85. The van der Waals surface area contributed by atoms with Gasteiger partial charge in [0.05, 0.1) is 33.0 Å². The molecule has 0 aliphatic carbocycles. The zero-order valence-corrected chi connectivity index (χ0v) is 17.9. The third-order valence-electron chi connectivity index (χ3n) is 5.68. The molecule has 0 spiro atoms. The van der Waals surface area contributed by atoms with Gasteiger partial charge in [-0.05, 0) is 30.7 Å². The molecule has 1 unspecified atom stereocenters. The van der Waals surface area contributed by atoms with Crippen LogP contribution in [0.2, 0.25) is 10.0 Å². The van der Waals surface area contributed by atoms with Crippen LogP contribution in [0.25, 0.3) is 0 Å². The summed E-state index contributed by atoms with van der Waals surface area (Å²) in [5.74, 6) is -0.565. The summed E-state index contributed by atoms with van der Waals surface area (Å²) in [4.78, 5) is 30.4. The Kier molecular flexibility index (Phi) is 6.29. The highest BCUT2D eigenvalue weighted by Crippen LogP contribution is 2.33. The minimum atomic E-state index is -0.615. The van der Waals surface area contributed by atoms with Crippen molar-refractivity contribution in [3.05, 3.63) is 63.6 Å². The molecule has 0 bridgehead atoms. The zero-order chi connectivity index (χ0) is 21.3. The van der Waals surface area contributed by atoms with E-state index < -0.39 is 6.10 Å². The van der Waals surface area contributed by atoms with Gasteiger partial charge in [-0.15, -0.1) is 0 Å². The van der Waals surface area contributed by atoms with Crippen molar-refractivity contribution >= 4 is 40.7 Å². The number of rotatable bonds is 6. The van der Waals surface area contributed by atoms with Gasteiger partial charge >= 0.3 is 0 Å². The highest BCUT2D eigenvalue weighted by Gasteiger charge is 2.35. The summed E-state index contributed by atoms with van der Waals surface area (Å²) in [5.41, 5.74) is 1.80. The van der Waals surface area contributed by atoms with E-state index in [0.717, 1.165) is 31.9 Å². The van der Waals surface area contributed by atoms with E-state index in [1.54, 1.807) is 30.3 Å². The first-order valence-electron chi connectivity index (χ1n) is 10.0. The second-order valence-corrected chi connectivity index (χ2v) is 8.40. The van der Waals surface area contributed by atoms with E-state index in [-0.39, 0.29) is 18.4 Å². The fraction of sp³-hybridized carbons (Fsp3) is 0.364. The first-order valence-corrected chi connectivity index (χ1v) is 10.8. The van der Waals surface area contributed by atoms with Gasteiger partial charge in [-0.2, -0.15) is 0 Å². The number of hydrogen-bond donors (Lipinski definition) is 1. The number of aliphatic hydroxyl groups excluding tert-OH is 1. The molecule has 2 aliphatic rings. The number of imide groups is 1. The van der Waals surface area contributed by atoms with E-state index in [0.29, 0.717) is 34.1 Å². The Morgan fingerprint density at radius 1 is 0.900 bits per heavy atom. The van der Waals surface area contributed by atoms with Crippen LogP contribution in [0.3, 0.4) is 0 Å². The highest BCUT2D eigenvalue weighted by molar-refractivity contribution is 6.43. The SMILES string of the molecule is O=C1c2ccccc2C(=O)N1CCC(O)CN1CCN(c2cccc(Cl)c2Cl)CC1. The Morgan fingerprint density at radius 2 is 1.53 bits per heavy atom. The molecule has 158 valence electrons. The standard InChI is InChI=1S/C22H23Cl2N3O3/c23-18-6-3-7-19(20(18)24)26-12-10-25(11-13-26)14-15(28)8-9-27-21(29)16-4-1-2-5-17(16)22(27)30/h1-7,15,28H,8-14H2. The van der Waals surface area contributed by atoms with Gasteiger partial charge in [-0.1, -0.05) is 41.4 Å². The van der Waals surface area contributed by atoms with Crippen LogP contribution in [-0.4, -0.2) is 72.1 Å². The first kappa shape index (κ1) is 21.1. The van der Waals surface area contributed by atoms with Crippen molar-refractivity contribution < 1.29 is 14.7 Å². The fourth-order valence-electron chi connectivity index (χ4n) is 4.02. The third-order valence-corrected chi connectivity index (χ3v) is 6.49. The maximum atomic E-state index is 12.4. The maximum absolute atomic E-state index is 12.4. The number of aliphatic hydroxyl groups is 1. The van der Waals surface area contributed by atoms with Crippen LogP contribution < -0.4 is 4.90 Å². The number of halogens is 2. The summed E-state index contributed by atoms with van der Waals surface area (Å²) in [6, 6.07) is 12.4. The van der Waals surface area contributed by atoms with Gasteiger partial charge in [0, 0.05) is 39.3 Å². The van der Waals surface area contributed by atoms with Crippen LogP contribution in [0.4, 0.5) is 5.69 Å².